The summed E-state index contributed by atoms with van der Waals surface area (Å²) in [5.74, 6) is -1.16. The minimum atomic E-state index is -0.715. The smallest absolute Gasteiger partial charge is 0.271 e. The fraction of sp³-hybridized carbons (Fsp3) is 0. The van der Waals surface area contributed by atoms with Gasteiger partial charge in [-0.2, -0.15) is 15.4 Å². The van der Waals surface area contributed by atoms with Gasteiger partial charge >= 0.3 is 0 Å². The first kappa shape index (κ1) is 12.4. The second-order valence-corrected chi connectivity index (χ2v) is 5.15. The first-order valence-corrected chi connectivity index (χ1v) is 6.23. The van der Waals surface area contributed by atoms with Crippen molar-refractivity contribution < 1.29 is 9.18 Å². The number of aromatic amines is 1. The summed E-state index contributed by atoms with van der Waals surface area (Å²) in [6, 6.07) is 2.86. The Balaban J connectivity index is 2.64. The van der Waals surface area contributed by atoms with Crippen LogP contribution in [-0.4, -0.2) is 21.3 Å². The molecule has 5 nitrogen and oxygen atoms in total. The summed E-state index contributed by atoms with van der Waals surface area (Å²) in [6.07, 6.45) is 0. The number of primary amides is 1. The van der Waals surface area contributed by atoms with Crippen molar-refractivity contribution in [2.75, 3.05) is 0 Å². The Morgan fingerprint density at radius 2 is 2.18 bits per heavy atom. The number of aromatic nitrogens is 3. The maximum atomic E-state index is 13.5. The van der Waals surface area contributed by atoms with Gasteiger partial charge in [-0.1, -0.05) is 0 Å². The third kappa shape index (κ3) is 2.32. The number of benzene rings is 1. The molecule has 1 heterocycles. The van der Waals surface area contributed by atoms with E-state index in [0.29, 0.717) is 10.0 Å². The number of nitrogens with one attached hydrogen (secondary N) is 1. The van der Waals surface area contributed by atoms with Crippen LogP contribution in [0.1, 0.15) is 10.5 Å². The number of carbonyl (C=O) groups is 1. The van der Waals surface area contributed by atoms with Gasteiger partial charge in [-0.25, -0.2) is 4.39 Å². The molecular formula is C9H5BrFIN4O. The molecule has 8 heteroatoms. The highest BCUT2D eigenvalue weighted by atomic mass is 127. The van der Waals surface area contributed by atoms with E-state index in [0.717, 1.165) is 3.57 Å². The van der Waals surface area contributed by atoms with Gasteiger partial charge in [0, 0.05) is 9.13 Å². The quantitative estimate of drug-likeness (QED) is 0.587. The van der Waals surface area contributed by atoms with Crippen LogP contribution in [0.25, 0.3) is 11.3 Å². The Kier molecular flexibility index (Phi) is 3.43. The zero-order chi connectivity index (χ0) is 12.6. The van der Waals surface area contributed by atoms with Gasteiger partial charge in [0.25, 0.3) is 5.91 Å². The number of H-pyrrole nitrogens is 1. The monoisotopic (exact) mass is 410 g/mol. The second kappa shape index (κ2) is 4.69. The molecule has 1 aromatic carbocycles. The SMILES string of the molecule is NC(=O)c1n[nH]nc1-c1cc(F)c(Br)cc1I. The standard InChI is InChI=1S/C9H5BrFIN4O/c10-4-2-6(12)3(1-5(4)11)7-8(9(13)17)15-16-14-7/h1-2H,(H2,13,17)(H,14,15,16). The average molecular weight is 411 g/mol. The van der Waals surface area contributed by atoms with E-state index in [-0.39, 0.29) is 11.4 Å². The van der Waals surface area contributed by atoms with E-state index in [4.69, 9.17) is 5.73 Å². The van der Waals surface area contributed by atoms with Gasteiger partial charge in [-0.05, 0) is 50.7 Å². The van der Waals surface area contributed by atoms with E-state index in [1.54, 1.807) is 6.07 Å². The Hall–Kier alpha value is -1.03. The van der Waals surface area contributed by atoms with Crippen LogP contribution in [0.15, 0.2) is 16.6 Å². The number of nitrogens with zero attached hydrogens (tertiary/aromatic N) is 2. The van der Waals surface area contributed by atoms with Crippen molar-refractivity contribution in [3.63, 3.8) is 0 Å². The lowest BCUT2D eigenvalue weighted by Gasteiger charge is -2.03. The van der Waals surface area contributed by atoms with Crippen molar-refractivity contribution in [1.29, 1.82) is 0 Å². The Morgan fingerprint density at radius 3 is 2.82 bits per heavy atom. The second-order valence-electron chi connectivity index (χ2n) is 3.13. The van der Waals surface area contributed by atoms with Gasteiger partial charge in [0.1, 0.15) is 11.5 Å². The lowest BCUT2D eigenvalue weighted by atomic mass is 10.1. The van der Waals surface area contributed by atoms with Crippen molar-refractivity contribution >= 4 is 44.4 Å². The molecule has 1 amide bonds. The molecule has 0 aliphatic rings. The summed E-state index contributed by atoms with van der Waals surface area (Å²) >= 11 is 5.09. The van der Waals surface area contributed by atoms with Gasteiger partial charge < -0.3 is 5.73 Å². The molecule has 0 aliphatic carbocycles. The molecule has 1 aromatic heterocycles. The molecule has 0 aliphatic heterocycles. The van der Waals surface area contributed by atoms with Gasteiger partial charge in [-0.15, -0.1) is 0 Å². The lowest BCUT2D eigenvalue weighted by Crippen LogP contribution is -2.13. The maximum Gasteiger partial charge on any atom is 0.271 e. The third-order valence-corrected chi connectivity index (χ3v) is 3.55. The molecule has 0 unspecified atom stereocenters. The molecule has 0 saturated carbocycles. The summed E-state index contributed by atoms with van der Waals surface area (Å²) < 4.78 is 14.5. The van der Waals surface area contributed by atoms with Gasteiger partial charge in [0.05, 0.1) is 4.47 Å². The van der Waals surface area contributed by atoms with Crippen molar-refractivity contribution in [3.8, 4) is 11.3 Å². The van der Waals surface area contributed by atoms with E-state index < -0.39 is 11.7 Å². The van der Waals surface area contributed by atoms with Crippen LogP contribution in [0.4, 0.5) is 4.39 Å². The lowest BCUT2D eigenvalue weighted by molar-refractivity contribution is 0.0996. The minimum Gasteiger partial charge on any atom is -0.364 e. The number of carbonyl (C=O) groups excluding carboxylic acids is 1. The predicted molar refractivity (Wildman–Crippen MR) is 70.7 cm³/mol. The van der Waals surface area contributed by atoms with Crippen LogP contribution in [-0.2, 0) is 0 Å². The zero-order valence-corrected chi connectivity index (χ0v) is 11.9. The molecule has 0 spiro atoms. The molecule has 0 saturated heterocycles. The minimum absolute atomic E-state index is 0.00959. The Morgan fingerprint density at radius 1 is 1.47 bits per heavy atom. The molecule has 3 N–H and O–H groups in total. The number of rotatable bonds is 2. The van der Waals surface area contributed by atoms with Gasteiger partial charge in [0.2, 0.25) is 0 Å². The highest BCUT2D eigenvalue weighted by Gasteiger charge is 2.18. The van der Waals surface area contributed by atoms with Crippen molar-refractivity contribution in [2.45, 2.75) is 0 Å². The number of nitrogens with two attached hydrogens (primary N) is 1. The van der Waals surface area contributed by atoms with Crippen molar-refractivity contribution in [3.05, 3.63) is 31.7 Å². The van der Waals surface area contributed by atoms with Gasteiger partial charge in [-0.3, -0.25) is 4.79 Å². The normalized spacial score (nSPS) is 10.5. The van der Waals surface area contributed by atoms with E-state index in [2.05, 4.69) is 31.3 Å². The zero-order valence-electron chi connectivity index (χ0n) is 8.17. The highest BCUT2D eigenvalue weighted by molar-refractivity contribution is 14.1. The number of halogens is 3. The van der Waals surface area contributed by atoms with Crippen LogP contribution < -0.4 is 5.73 Å². The molecule has 17 heavy (non-hydrogen) atoms. The maximum absolute atomic E-state index is 13.5. The van der Waals surface area contributed by atoms with E-state index in [1.807, 2.05) is 22.6 Å². The summed E-state index contributed by atoms with van der Waals surface area (Å²) in [7, 11) is 0. The van der Waals surface area contributed by atoms with Crippen LogP contribution >= 0.6 is 38.5 Å². The molecule has 0 fully saturated rings. The van der Waals surface area contributed by atoms with E-state index >= 15 is 0 Å². The predicted octanol–water partition coefficient (Wildman–Crippen LogP) is 2.08. The van der Waals surface area contributed by atoms with Gasteiger partial charge in [0.15, 0.2) is 5.69 Å². The topological polar surface area (TPSA) is 84.7 Å². The number of hydrogen-bond acceptors (Lipinski definition) is 3. The molecule has 2 aromatic rings. The molecule has 2 rings (SSSR count). The van der Waals surface area contributed by atoms with E-state index in [1.165, 1.54) is 6.07 Å². The van der Waals surface area contributed by atoms with E-state index in [9.17, 15) is 9.18 Å². The Bertz CT molecular complexity index is 601. The molecule has 0 atom stereocenters. The largest absolute Gasteiger partial charge is 0.364 e. The summed E-state index contributed by atoms with van der Waals surface area (Å²) in [6.45, 7) is 0. The van der Waals surface area contributed by atoms with Crippen LogP contribution in [0.5, 0.6) is 0 Å². The molecule has 88 valence electrons. The molecular weight excluding hydrogens is 406 g/mol. The summed E-state index contributed by atoms with van der Waals surface area (Å²) in [4.78, 5) is 11.1. The summed E-state index contributed by atoms with van der Waals surface area (Å²) in [5, 5.41) is 9.75. The van der Waals surface area contributed by atoms with Crippen LogP contribution in [0.3, 0.4) is 0 Å². The Labute approximate surface area is 117 Å². The average Bonchev–Trinajstić information content (AvgIpc) is 2.72. The first-order chi connectivity index (χ1) is 8.00. The van der Waals surface area contributed by atoms with Crippen LogP contribution in [0, 0.1) is 9.39 Å². The molecule has 0 radical (unpaired) electrons. The van der Waals surface area contributed by atoms with Crippen molar-refractivity contribution in [2.24, 2.45) is 5.73 Å². The fourth-order valence-corrected chi connectivity index (χ4v) is 2.79. The molecule has 0 bridgehead atoms. The highest BCUT2D eigenvalue weighted by Crippen LogP contribution is 2.30. The fourth-order valence-electron chi connectivity index (χ4n) is 1.29. The number of amides is 1. The van der Waals surface area contributed by atoms with Crippen LogP contribution in [0.2, 0.25) is 0 Å². The first-order valence-electron chi connectivity index (χ1n) is 4.36. The summed E-state index contributed by atoms with van der Waals surface area (Å²) in [5.41, 5.74) is 5.85. The van der Waals surface area contributed by atoms with Crippen molar-refractivity contribution in [1.82, 2.24) is 15.4 Å². The number of hydrogen-bond donors (Lipinski definition) is 2. The third-order valence-electron chi connectivity index (χ3n) is 2.05.